The van der Waals surface area contributed by atoms with Crippen molar-refractivity contribution in [3.63, 3.8) is 0 Å². The quantitative estimate of drug-likeness (QED) is 0.286. The van der Waals surface area contributed by atoms with Crippen molar-refractivity contribution < 1.29 is 4.42 Å². The Labute approximate surface area is 205 Å². The van der Waals surface area contributed by atoms with E-state index in [1.807, 2.05) is 96.3 Å². The molecule has 35 heavy (non-hydrogen) atoms. The summed E-state index contributed by atoms with van der Waals surface area (Å²) in [4.78, 5) is 17.8. The molecule has 0 saturated heterocycles. The number of oxazole rings is 1. The third-order valence-corrected chi connectivity index (χ3v) is 6.73. The summed E-state index contributed by atoms with van der Waals surface area (Å²) in [6.07, 6.45) is 0. The second kappa shape index (κ2) is 8.88. The summed E-state index contributed by atoms with van der Waals surface area (Å²) in [6, 6.07) is 27.6. The predicted octanol–water partition coefficient (Wildman–Crippen LogP) is 5.68. The number of aryl methyl sites for hydroxylation is 1. The van der Waals surface area contributed by atoms with Crippen molar-refractivity contribution in [1.82, 2.24) is 24.1 Å². The molecule has 7 nitrogen and oxygen atoms in total. The van der Waals surface area contributed by atoms with Gasteiger partial charge in [0.15, 0.2) is 5.76 Å². The third kappa shape index (κ3) is 3.72. The number of para-hydroxylation sites is 1. The van der Waals surface area contributed by atoms with Gasteiger partial charge in [0.1, 0.15) is 11.5 Å². The minimum atomic E-state index is -0.0603. The molecule has 6 rings (SSSR count). The highest BCUT2D eigenvalue weighted by atomic mass is 32.2. The van der Waals surface area contributed by atoms with Gasteiger partial charge in [0.05, 0.1) is 16.7 Å². The van der Waals surface area contributed by atoms with Crippen molar-refractivity contribution in [3.05, 3.63) is 101 Å². The summed E-state index contributed by atoms with van der Waals surface area (Å²) in [5.41, 5.74) is 3.50. The first-order chi connectivity index (χ1) is 17.2. The van der Waals surface area contributed by atoms with E-state index in [0.717, 1.165) is 33.9 Å². The summed E-state index contributed by atoms with van der Waals surface area (Å²) in [5, 5.41) is 9.95. The van der Waals surface area contributed by atoms with E-state index in [9.17, 15) is 4.79 Å². The SMILES string of the molecule is CCn1c(=O)c2ccccc2n2c(CSc3nc(-c4ccccc4)c(-c4ccccc4)o3)nnc12. The first-order valence-electron chi connectivity index (χ1n) is 11.3. The normalized spacial score (nSPS) is 11.5. The van der Waals surface area contributed by atoms with Gasteiger partial charge in [-0.3, -0.25) is 13.8 Å². The number of hydrogen-bond donors (Lipinski definition) is 0. The van der Waals surface area contributed by atoms with Crippen LogP contribution in [0.5, 0.6) is 0 Å². The molecule has 0 bridgehead atoms. The molecule has 172 valence electrons. The van der Waals surface area contributed by atoms with E-state index in [-0.39, 0.29) is 5.56 Å². The highest BCUT2D eigenvalue weighted by molar-refractivity contribution is 7.98. The van der Waals surface area contributed by atoms with Crippen LogP contribution in [0.3, 0.4) is 0 Å². The molecule has 8 heteroatoms. The Kier molecular flexibility index (Phi) is 5.42. The number of hydrogen-bond acceptors (Lipinski definition) is 6. The van der Waals surface area contributed by atoms with Gasteiger partial charge in [0.2, 0.25) is 5.78 Å². The zero-order chi connectivity index (χ0) is 23.8. The molecule has 0 fully saturated rings. The lowest BCUT2D eigenvalue weighted by atomic mass is 10.1. The number of rotatable bonds is 6. The van der Waals surface area contributed by atoms with Crippen LogP contribution in [0.1, 0.15) is 12.7 Å². The average molecular weight is 480 g/mol. The molecule has 0 amide bonds. The van der Waals surface area contributed by atoms with Gasteiger partial charge in [-0.1, -0.05) is 84.6 Å². The minimum Gasteiger partial charge on any atom is -0.431 e. The molecule has 0 spiro atoms. The fourth-order valence-corrected chi connectivity index (χ4v) is 5.00. The van der Waals surface area contributed by atoms with Gasteiger partial charge in [0.25, 0.3) is 10.8 Å². The van der Waals surface area contributed by atoms with Gasteiger partial charge in [0, 0.05) is 17.7 Å². The Balaban J connectivity index is 1.41. The van der Waals surface area contributed by atoms with E-state index >= 15 is 0 Å². The van der Waals surface area contributed by atoms with Gasteiger partial charge in [-0.25, -0.2) is 4.98 Å². The van der Waals surface area contributed by atoms with E-state index in [4.69, 9.17) is 9.40 Å². The first-order valence-corrected chi connectivity index (χ1v) is 12.3. The fourth-order valence-electron chi connectivity index (χ4n) is 4.26. The summed E-state index contributed by atoms with van der Waals surface area (Å²) < 4.78 is 9.86. The molecule has 0 aliphatic heterocycles. The summed E-state index contributed by atoms with van der Waals surface area (Å²) in [7, 11) is 0. The Morgan fingerprint density at radius 2 is 1.54 bits per heavy atom. The Morgan fingerprint density at radius 3 is 2.29 bits per heavy atom. The molecule has 0 saturated carbocycles. The van der Waals surface area contributed by atoms with Crippen molar-refractivity contribution >= 4 is 28.4 Å². The van der Waals surface area contributed by atoms with Gasteiger partial charge < -0.3 is 4.42 Å². The molecule has 3 heterocycles. The number of aromatic nitrogens is 5. The smallest absolute Gasteiger partial charge is 0.262 e. The third-order valence-electron chi connectivity index (χ3n) is 5.91. The molecular weight excluding hydrogens is 458 g/mol. The van der Waals surface area contributed by atoms with E-state index in [2.05, 4.69) is 10.2 Å². The van der Waals surface area contributed by atoms with Crippen molar-refractivity contribution in [1.29, 1.82) is 0 Å². The molecule has 3 aromatic carbocycles. The lowest BCUT2D eigenvalue weighted by molar-refractivity contribution is 0.466. The molecule has 0 aliphatic carbocycles. The number of nitrogens with zero attached hydrogens (tertiary/aromatic N) is 5. The zero-order valence-corrected chi connectivity index (χ0v) is 19.8. The Bertz CT molecular complexity index is 1650. The van der Waals surface area contributed by atoms with Crippen molar-refractivity contribution in [3.8, 4) is 22.6 Å². The maximum atomic E-state index is 12.9. The molecule has 0 aliphatic rings. The molecule has 3 aromatic heterocycles. The zero-order valence-electron chi connectivity index (χ0n) is 19.0. The fraction of sp³-hybridized carbons (Fsp3) is 0.111. The first kappa shape index (κ1) is 21.4. The van der Waals surface area contributed by atoms with Crippen LogP contribution in [0, 0.1) is 0 Å². The predicted molar refractivity (Wildman–Crippen MR) is 137 cm³/mol. The van der Waals surface area contributed by atoms with Gasteiger partial charge in [-0.05, 0) is 19.1 Å². The Hall–Kier alpha value is -4.17. The molecule has 0 atom stereocenters. The maximum absolute atomic E-state index is 12.9. The van der Waals surface area contributed by atoms with E-state index in [1.165, 1.54) is 11.8 Å². The van der Waals surface area contributed by atoms with Crippen molar-refractivity contribution in [2.75, 3.05) is 0 Å². The van der Waals surface area contributed by atoms with Gasteiger partial charge in [-0.2, -0.15) is 0 Å². The highest BCUT2D eigenvalue weighted by Crippen LogP contribution is 2.36. The largest absolute Gasteiger partial charge is 0.431 e. The number of thioether (sulfide) groups is 1. The van der Waals surface area contributed by atoms with Crippen LogP contribution in [-0.2, 0) is 12.3 Å². The van der Waals surface area contributed by atoms with E-state index < -0.39 is 0 Å². The number of fused-ring (bicyclic) bond motifs is 3. The van der Waals surface area contributed by atoms with E-state index in [1.54, 1.807) is 4.57 Å². The molecular formula is C27H21N5O2S. The minimum absolute atomic E-state index is 0.0603. The second-order valence-corrected chi connectivity index (χ2v) is 8.92. The number of benzene rings is 3. The van der Waals surface area contributed by atoms with Crippen molar-refractivity contribution in [2.45, 2.75) is 24.4 Å². The lowest BCUT2D eigenvalue weighted by Crippen LogP contribution is -2.22. The van der Waals surface area contributed by atoms with Crippen LogP contribution >= 0.6 is 11.8 Å². The highest BCUT2D eigenvalue weighted by Gasteiger charge is 2.20. The van der Waals surface area contributed by atoms with Crippen LogP contribution in [0.2, 0.25) is 0 Å². The van der Waals surface area contributed by atoms with E-state index in [0.29, 0.717) is 28.7 Å². The molecule has 0 radical (unpaired) electrons. The summed E-state index contributed by atoms with van der Waals surface area (Å²) in [6.45, 7) is 2.45. The average Bonchev–Trinajstić information content (AvgIpc) is 3.54. The second-order valence-electron chi connectivity index (χ2n) is 8.00. The van der Waals surface area contributed by atoms with Crippen molar-refractivity contribution in [2.24, 2.45) is 0 Å². The lowest BCUT2D eigenvalue weighted by Gasteiger charge is -2.09. The van der Waals surface area contributed by atoms with Gasteiger partial charge in [-0.15, -0.1) is 10.2 Å². The van der Waals surface area contributed by atoms with Crippen LogP contribution in [0.15, 0.2) is 99.4 Å². The maximum Gasteiger partial charge on any atom is 0.262 e. The molecule has 0 unspecified atom stereocenters. The van der Waals surface area contributed by atoms with Crippen LogP contribution < -0.4 is 5.56 Å². The van der Waals surface area contributed by atoms with Gasteiger partial charge >= 0.3 is 0 Å². The molecule has 0 N–H and O–H groups in total. The monoisotopic (exact) mass is 479 g/mol. The molecule has 6 aromatic rings. The van der Waals surface area contributed by atoms with Crippen LogP contribution in [0.25, 0.3) is 39.3 Å². The Morgan fingerprint density at radius 1 is 0.857 bits per heavy atom. The topological polar surface area (TPSA) is 78.2 Å². The summed E-state index contributed by atoms with van der Waals surface area (Å²) >= 11 is 1.46. The van der Waals surface area contributed by atoms with Crippen LogP contribution in [-0.4, -0.2) is 24.1 Å². The summed E-state index contributed by atoms with van der Waals surface area (Å²) in [5.74, 6) is 2.48. The standard InChI is InChI=1S/C27H21N5O2S/c1-2-31-25(33)20-15-9-10-16-21(20)32-22(29-30-26(31)32)17-35-27-28-23(18-11-5-3-6-12-18)24(34-27)19-13-7-4-8-14-19/h3-16H,2,17H2,1H3. The van der Waals surface area contributed by atoms with Crippen LogP contribution in [0.4, 0.5) is 0 Å².